The van der Waals surface area contributed by atoms with Crippen LogP contribution in [0.25, 0.3) is 15.4 Å². The predicted octanol–water partition coefficient (Wildman–Crippen LogP) is 6.41. The Morgan fingerprint density at radius 2 is 1.63 bits per heavy atom. The number of aliphatic carboxylic acids is 1. The Morgan fingerprint density at radius 1 is 0.940 bits per heavy atom. The molecule has 0 bridgehead atoms. The van der Waals surface area contributed by atoms with E-state index in [1.54, 1.807) is 22.7 Å². The van der Waals surface area contributed by atoms with Gasteiger partial charge in [0, 0.05) is 47.7 Å². The molecule has 354 valence electrons. The van der Waals surface area contributed by atoms with Gasteiger partial charge in [-0.2, -0.15) is 0 Å². The summed E-state index contributed by atoms with van der Waals surface area (Å²) in [7, 11) is 0. The molecule has 4 N–H and O–H groups in total. The van der Waals surface area contributed by atoms with Crippen molar-refractivity contribution in [3.63, 3.8) is 0 Å². The number of piperidine rings is 1. The Hall–Kier alpha value is -5.82. The number of ether oxygens (including phenoxy) is 1. The van der Waals surface area contributed by atoms with Crippen molar-refractivity contribution in [2.24, 2.45) is 10.4 Å². The number of hydrogen-bond acceptors (Lipinski definition) is 13. The van der Waals surface area contributed by atoms with Crippen molar-refractivity contribution < 1.29 is 34.1 Å². The van der Waals surface area contributed by atoms with Gasteiger partial charge in [0.1, 0.15) is 35.6 Å². The molecule has 3 aliphatic heterocycles. The van der Waals surface area contributed by atoms with Gasteiger partial charge in [0.25, 0.3) is 0 Å². The van der Waals surface area contributed by atoms with E-state index in [2.05, 4.69) is 56.7 Å². The highest BCUT2D eigenvalue weighted by molar-refractivity contribution is 7.15. The molecule has 0 saturated carbocycles. The molecule has 3 aromatic heterocycles. The number of nitrogens with zero attached hydrogens (tertiary/aromatic N) is 7. The third-order valence-corrected chi connectivity index (χ3v) is 15.2. The number of aliphatic imine (C=N–C) groups is 1. The lowest BCUT2D eigenvalue weighted by Gasteiger charge is -2.36. The largest absolute Gasteiger partial charge is 0.481 e. The van der Waals surface area contributed by atoms with E-state index in [0.717, 1.165) is 59.7 Å². The number of rotatable bonds is 13. The molecular weight excluding hydrogens is 891 g/mol. The molecule has 2 aromatic carbocycles. The Bertz CT molecular complexity index is 2680. The molecule has 2 saturated heterocycles. The number of β-amino-alcohol motifs (C(OH)–C–C–N with tert-alkyl or cyclic N) is 1. The quantitative estimate of drug-likeness (QED) is 0.102. The maximum Gasteiger partial charge on any atom is 0.306 e. The molecular formula is C49H59N9O7S2. The summed E-state index contributed by atoms with van der Waals surface area (Å²) in [4.78, 5) is 68.7. The number of fused-ring (bicyclic) bond motifs is 3. The highest BCUT2D eigenvalue weighted by Crippen LogP contribution is 2.40. The minimum absolute atomic E-state index is 0.0182. The van der Waals surface area contributed by atoms with Crippen molar-refractivity contribution in [1.29, 1.82) is 0 Å². The Balaban J connectivity index is 0.859. The van der Waals surface area contributed by atoms with Crippen LogP contribution in [0.15, 0.2) is 59.0 Å². The maximum atomic E-state index is 14.2. The van der Waals surface area contributed by atoms with E-state index in [-0.39, 0.29) is 44.0 Å². The fraction of sp³-hybridized carbons (Fsp3) is 0.469. The summed E-state index contributed by atoms with van der Waals surface area (Å²) in [6, 6.07) is 13.2. The van der Waals surface area contributed by atoms with Crippen molar-refractivity contribution in [3.8, 4) is 15.4 Å². The number of aliphatic hydroxyl groups is 1. The van der Waals surface area contributed by atoms with Gasteiger partial charge in [0.2, 0.25) is 17.7 Å². The number of thiazole rings is 1. The van der Waals surface area contributed by atoms with Crippen LogP contribution in [0.4, 0.5) is 5.69 Å². The minimum Gasteiger partial charge on any atom is -0.481 e. The van der Waals surface area contributed by atoms with Crippen LogP contribution >= 0.6 is 22.7 Å². The van der Waals surface area contributed by atoms with Gasteiger partial charge in [-0.3, -0.25) is 28.7 Å². The lowest BCUT2D eigenvalue weighted by Crippen LogP contribution is -2.58. The second-order valence-corrected chi connectivity index (χ2v) is 21.0. The molecule has 0 unspecified atom stereocenters. The minimum atomic E-state index is -0.968. The Kier molecular flexibility index (Phi) is 13.8. The molecule has 5 atom stereocenters. The molecule has 2 fully saturated rings. The van der Waals surface area contributed by atoms with Crippen molar-refractivity contribution in [1.82, 2.24) is 35.3 Å². The van der Waals surface area contributed by atoms with Gasteiger partial charge in [0.15, 0.2) is 5.82 Å². The first-order chi connectivity index (χ1) is 31.9. The number of hydrogen-bond donors (Lipinski definition) is 4. The molecule has 0 spiro atoms. The number of carbonyl (C=O) groups excluding carboxylic acids is 3. The number of carbonyl (C=O) groups is 4. The van der Waals surface area contributed by atoms with E-state index < -0.39 is 47.4 Å². The molecule has 3 aliphatic rings. The van der Waals surface area contributed by atoms with Crippen LogP contribution in [0.2, 0.25) is 0 Å². The van der Waals surface area contributed by atoms with Gasteiger partial charge < -0.3 is 35.4 Å². The molecule has 18 heteroatoms. The molecule has 6 heterocycles. The number of benzene rings is 2. The molecule has 5 aromatic rings. The van der Waals surface area contributed by atoms with Gasteiger partial charge in [0.05, 0.1) is 46.5 Å². The summed E-state index contributed by atoms with van der Waals surface area (Å²) in [6.45, 7) is 16.6. The van der Waals surface area contributed by atoms with Crippen molar-refractivity contribution >= 4 is 57.8 Å². The number of aliphatic hydroxyl groups excluding tert-OH is 1. The van der Waals surface area contributed by atoms with Crippen LogP contribution in [0, 0.1) is 33.1 Å². The zero-order valence-electron chi connectivity index (χ0n) is 39.2. The number of thiophene rings is 1. The summed E-state index contributed by atoms with van der Waals surface area (Å²) in [5, 5.41) is 36.1. The highest BCUT2D eigenvalue weighted by Gasteiger charge is 2.45. The summed E-state index contributed by atoms with van der Waals surface area (Å²) in [6.07, 6.45) is 0.207. The second kappa shape index (κ2) is 19.4. The van der Waals surface area contributed by atoms with E-state index >= 15 is 0 Å². The standard InChI is InChI=1S/C49H59N9O7S2/c1-26-29(4)67-48-41(26)42(52-37(22-40(61)62)45-55-54-30(5)58(45)48)32-13-15-34(16-14-32)56-19-17-36(18-20-56)65-24-39(60)53-44(49(6,7)8)47(64)57-23-35(59)21-38(57)46(63)51-27(2)31-9-11-33(12-10-31)43-28(3)50-25-66-43/h9-16,25,27,35-38,44,59H,17-24H2,1-8H3,(H,51,63)(H,53,60)(H,61,62)/t27-,35+,37-,38-,44+/m0/s1. The van der Waals surface area contributed by atoms with E-state index in [4.69, 9.17) is 9.73 Å². The number of carboxylic acid groups (broad SMARTS) is 1. The zero-order valence-corrected chi connectivity index (χ0v) is 40.8. The van der Waals surface area contributed by atoms with Gasteiger partial charge in [-0.15, -0.1) is 32.9 Å². The molecule has 0 aliphatic carbocycles. The van der Waals surface area contributed by atoms with Gasteiger partial charge in [-0.05, 0) is 81.7 Å². The number of likely N-dealkylation sites (tertiary alicyclic amines) is 1. The first kappa shape index (κ1) is 47.7. The lowest BCUT2D eigenvalue weighted by molar-refractivity contribution is -0.145. The maximum absolute atomic E-state index is 14.2. The van der Waals surface area contributed by atoms with Crippen LogP contribution in [0.3, 0.4) is 0 Å². The first-order valence-corrected chi connectivity index (χ1v) is 24.5. The van der Waals surface area contributed by atoms with Crippen LogP contribution < -0.4 is 15.5 Å². The van der Waals surface area contributed by atoms with Gasteiger partial charge in [-0.25, -0.2) is 4.98 Å². The fourth-order valence-corrected chi connectivity index (χ4v) is 11.2. The van der Waals surface area contributed by atoms with Crippen molar-refractivity contribution in [2.45, 2.75) is 117 Å². The van der Waals surface area contributed by atoms with Crippen LogP contribution in [0.1, 0.15) is 110 Å². The van der Waals surface area contributed by atoms with E-state index in [9.17, 15) is 29.4 Å². The smallest absolute Gasteiger partial charge is 0.306 e. The first-order valence-electron chi connectivity index (χ1n) is 22.8. The van der Waals surface area contributed by atoms with Crippen LogP contribution in [0.5, 0.6) is 0 Å². The van der Waals surface area contributed by atoms with Crippen molar-refractivity contribution in [2.75, 3.05) is 31.1 Å². The molecule has 67 heavy (non-hydrogen) atoms. The second-order valence-electron chi connectivity index (χ2n) is 18.9. The molecule has 16 nitrogen and oxygen atoms in total. The Morgan fingerprint density at radius 3 is 2.27 bits per heavy atom. The number of nitrogens with one attached hydrogen (secondary N) is 2. The highest BCUT2D eigenvalue weighted by atomic mass is 32.1. The fourth-order valence-electron chi connectivity index (χ4n) is 9.21. The van der Waals surface area contributed by atoms with Crippen LogP contribution in [-0.4, -0.2) is 115 Å². The molecule has 3 amide bonds. The summed E-state index contributed by atoms with van der Waals surface area (Å²) >= 11 is 3.20. The van der Waals surface area contributed by atoms with E-state index in [0.29, 0.717) is 37.6 Å². The summed E-state index contributed by atoms with van der Waals surface area (Å²) in [5.74, 6) is -0.996. The predicted molar refractivity (Wildman–Crippen MR) is 258 cm³/mol. The summed E-state index contributed by atoms with van der Waals surface area (Å²) in [5.41, 5.74) is 8.70. The average Bonchev–Trinajstić information content (AvgIpc) is 4.06. The normalized spacial score (nSPS) is 19.5. The number of amides is 3. The molecule has 8 rings (SSSR count). The van der Waals surface area contributed by atoms with Crippen molar-refractivity contribution in [3.05, 3.63) is 98.5 Å². The monoisotopic (exact) mass is 949 g/mol. The number of aromatic nitrogens is 4. The third-order valence-electron chi connectivity index (χ3n) is 13.1. The SMILES string of the molecule is Cc1ncsc1-c1ccc([C@H](C)NC(=O)[C@@H]2C[C@@H](O)CN2C(=O)[C@@H](NC(=O)COC2CCN(c3ccc(C4=N[C@@H](CC(=O)O)c5nnc(C)n5-c5sc(C)c(C)c54)cc3)CC2)C(C)(C)C)cc1. The third kappa shape index (κ3) is 10.1. The Labute approximate surface area is 398 Å². The number of aryl methyl sites for hydroxylation is 3. The average molecular weight is 950 g/mol. The topological polar surface area (TPSA) is 204 Å². The van der Waals surface area contributed by atoms with E-state index in [1.807, 2.05) is 88.0 Å². The molecule has 0 radical (unpaired) electrons. The van der Waals surface area contributed by atoms with Gasteiger partial charge >= 0.3 is 5.97 Å². The summed E-state index contributed by atoms with van der Waals surface area (Å²) < 4.78 is 8.08. The van der Waals surface area contributed by atoms with E-state index in [1.165, 1.54) is 4.90 Å². The lowest BCUT2D eigenvalue weighted by atomic mass is 9.85. The number of anilines is 1. The zero-order chi connectivity index (χ0) is 47.9. The number of carboxylic acids is 1. The van der Waals surface area contributed by atoms with Crippen LogP contribution in [-0.2, 0) is 23.9 Å². The van der Waals surface area contributed by atoms with Gasteiger partial charge in [-0.1, -0.05) is 57.2 Å².